The third-order valence-corrected chi connectivity index (χ3v) is 3.32. The number of carboxylic acid groups (broad SMARTS) is 1. The Morgan fingerprint density at radius 1 is 1.05 bits per heavy atom. The Balaban J connectivity index is 3.78. The minimum absolute atomic E-state index is 0.300. The molecule has 126 valence electrons. The molecule has 0 fully saturated rings. The molecule has 0 aliphatic rings. The molecule has 0 radical (unpaired) electrons. The maximum Gasteiger partial charge on any atom is 0.341 e. The van der Waals surface area contributed by atoms with E-state index in [0.29, 0.717) is 5.76 Å². The molecule has 3 heteroatoms. The van der Waals surface area contributed by atoms with Crippen molar-refractivity contribution < 1.29 is 14.6 Å². The van der Waals surface area contributed by atoms with E-state index < -0.39 is 5.97 Å². The van der Waals surface area contributed by atoms with Gasteiger partial charge in [0.15, 0.2) is 6.61 Å². The smallest absolute Gasteiger partial charge is 0.341 e. The molecule has 0 aliphatic carbocycles. The lowest BCUT2D eigenvalue weighted by atomic mass is 10.1. The lowest BCUT2D eigenvalue weighted by Crippen LogP contribution is -2.05. The number of unbranched alkanes of at least 4 members (excludes halogenated alkanes) is 8. The van der Waals surface area contributed by atoms with Gasteiger partial charge in [0, 0.05) is 0 Å². The fourth-order valence-electron chi connectivity index (χ4n) is 2.08. The zero-order valence-corrected chi connectivity index (χ0v) is 14.2. The number of hydrogen-bond donors (Lipinski definition) is 1. The number of rotatable bonds is 14. The lowest BCUT2D eigenvalue weighted by molar-refractivity contribution is -0.140. The van der Waals surface area contributed by atoms with Crippen molar-refractivity contribution in [3.8, 4) is 0 Å². The van der Waals surface area contributed by atoms with E-state index >= 15 is 0 Å². The first-order valence-corrected chi connectivity index (χ1v) is 8.54. The van der Waals surface area contributed by atoms with Gasteiger partial charge in [-0.15, -0.1) is 0 Å². The van der Waals surface area contributed by atoms with Crippen molar-refractivity contribution in [1.82, 2.24) is 0 Å². The predicted octanol–water partition coefficient (Wildman–Crippen LogP) is 5.63. The van der Waals surface area contributed by atoms with E-state index in [1.165, 1.54) is 51.4 Å². The van der Waals surface area contributed by atoms with Crippen molar-refractivity contribution >= 4 is 5.97 Å². The highest BCUT2D eigenvalue weighted by Crippen LogP contribution is 2.10. The molecule has 0 aliphatic heterocycles. The summed E-state index contributed by atoms with van der Waals surface area (Å²) in [6.07, 6.45) is 21.0. The largest absolute Gasteiger partial charge is 0.482 e. The molecule has 0 spiro atoms. The molecule has 0 rings (SSSR count). The van der Waals surface area contributed by atoms with Crippen LogP contribution in [0.3, 0.4) is 0 Å². The van der Waals surface area contributed by atoms with Crippen LogP contribution in [0.4, 0.5) is 0 Å². The summed E-state index contributed by atoms with van der Waals surface area (Å²) in [5, 5.41) is 8.64. The first-order chi connectivity index (χ1) is 10.7. The third-order valence-electron chi connectivity index (χ3n) is 3.32. The quantitative estimate of drug-likeness (QED) is 0.257. The Morgan fingerprint density at radius 3 is 2.27 bits per heavy atom. The van der Waals surface area contributed by atoms with Crippen LogP contribution in [0.25, 0.3) is 0 Å². The fraction of sp³-hybridized carbons (Fsp3) is 0.632. The van der Waals surface area contributed by atoms with Gasteiger partial charge in [-0.1, -0.05) is 70.1 Å². The zero-order valence-electron chi connectivity index (χ0n) is 14.2. The second-order valence-electron chi connectivity index (χ2n) is 5.44. The molecule has 0 saturated heterocycles. The molecular formula is C19H32O3. The van der Waals surface area contributed by atoms with Crippen LogP contribution in [0.5, 0.6) is 0 Å². The molecule has 0 aromatic rings. The summed E-state index contributed by atoms with van der Waals surface area (Å²) in [5.41, 5.74) is 0. The van der Waals surface area contributed by atoms with Gasteiger partial charge in [-0.05, 0) is 31.9 Å². The lowest BCUT2D eigenvalue weighted by Gasteiger charge is -2.03. The summed E-state index contributed by atoms with van der Waals surface area (Å²) in [6, 6.07) is 0. The first kappa shape index (κ1) is 20.5. The molecule has 0 aromatic heterocycles. The standard InChI is InChI=1S/C19H32O3/c1-3-5-7-8-9-10-11-12-13-14-16-18(15-6-4-2)22-17-19(20)21/h4,6,14-16H,3,5,7-13,17H2,1-2H3,(H,20,21)/b6-4+,16-14+,18-15-. The Bertz CT molecular complexity index is 354. The summed E-state index contributed by atoms with van der Waals surface area (Å²) in [5.74, 6) is -0.358. The number of hydrogen-bond acceptors (Lipinski definition) is 2. The minimum Gasteiger partial charge on any atom is -0.482 e. The second kappa shape index (κ2) is 15.9. The van der Waals surface area contributed by atoms with Gasteiger partial charge < -0.3 is 9.84 Å². The van der Waals surface area contributed by atoms with Crippen molar-refractivity contribution in [2.45, 2.75) is 71.6 Å². The average molecular weight is 308 g/mol. The maximum atomic E-state index is 10.5. The van der Waals surface area contributed by atoms with Crippen LogP contribution in [0.15, 0.2) is 36.1 Å². The summed E-state index contributed by atoms with van der Waals surface area (Å²) < 4.78 is 5.21. The summed E-state index contributed by atoms with van der Waals surface area (Å²) in [7, 11) is 0. The van der Waals surface area contributed by atoms with Gasteiger partial charge in [-0.25, -0.2) is 4.79 Å². The third kappa shape index (κ3) is 14.9. The molecule has 0 bridgehead atoms. The molecular weight excluding hydrogens is 276 g/mol. The van der Waals surface area contributed by atoms with Crippen molar-refractivity contribution in [2.75, 3.05) is 6.61 Å². The van der Waals surface area contributed by atoms with E-state index in [4.69, 9.17) is 9.84 Å². The van der Waals surface area contributed by atoms with Crippen LogP contribution >= 0.6 is 0 Å². The second-order valence-corrected chi connectivity index (χ2v) is 5.44. The van der Waals surface area contributed by atoms with E-state index in [0.717, 1.165) is 6.42 Å². The molecule has 0 atom stereocenters. The van der Waals surface area contributed by atoms with E-state index in [1.54, 1.807) is 6.08 Å². The SMILES string of the molecule is C/C=C/C=C(/C=C/CCCCCCCCCC)OCC(=O)O. The van der Waals surface area contributed by atoms with Crippen LogP contribution < -0.4 is 0 Å². The fourth-order valence-corrected chi connectivity index (χ4v) is 2.08. The van der Waals surface area contributed by atoms with E-state index in [1.807, 2.05) is 25.2 Å². The van der Waals surface area contributed by atoms with Crippen molar-refractivity contribution in [2.24, 2.45) is 0 Å². The molecule has 22 heavy (non-hydrogen) atoms. The zero-order chi connectivity index (χ0) is 16.5. The van der Waals surface area contributed by atoms with Gasteiger partial charge in [-0.2, -0.15) is 0 Å². The van der Waals surface area contributed by atoms with E-state index in [2.05, 4.69) is 13.0 Å². The number of carbonyl (C=O) groups is 1. The van der Waals surface area contributed by atoms with Gasteiger partial charge >= 0.3 is 5.97 Å². The summed E-state index contributed by atoms with van der Waals surface area (Å²) >= 11 is 0. The van der Waals surface area contributed by atoms with Crippen LogP contribution in [-0.4, -0.2) is 17.7 Å². The summed E-state index contributed by atoms with van der Waals surface area (Å²) in [4.78, 5) is 10.5. The monoisotopic (exact) mass is 308 g/mol. The Labute approximate surface area is 135 Å². The molecule has 0 unspecified atom stereocenters. The normalized spacial score (nSPS) is 12.4. The summed E-state index contributed by atoms with van der Waals surface area (Å²) in [6.45, 7) is 3.85. The Kier molecular flexibility index (Phi) is 14.8. The van der Waals surface area contributed by atoms with Gasteiger partial charge in [0.1, 0.15) is 5.76 Å². The topological polar surface area (TPSA) is 46.5 Å². The Hall–Kier alpha value is -1.51. The van der Waals surface area contributed by atoms with Crippen molar-refractivity contribution in [1.29, 1.82) is 0 Å². The number of ether oxygens (including phenoxy) is 1. The van der Waals surface area contributed by atoms with Gasteiger partial charge in [0.25, 0.3) is 0 Å². The Morgan fingerprint density at radius 2 is 1.68 bits per heavy atom. The van der Waals surface area contributed by atoms with Crippen molar-refractivity contribution in [3.05, 3.63) is 36.1 Å². The molecule has 1 N–H and O–H groups in total. The van der Waals surface area contributed by atoms with E-state index in [-0.39, 0.29) is 6.61 Å². The molecule has 0 heterocycles. The highest BCUT2D eigenvalue weighted by Gasteiger charge is 1.98. The first-order valence-electron chi connectivity index (χ1n) is 8.54. The molecule has 0 aromatic carbocycles. The molecule has 3 nitrogen and oxygen atoms in total. The van der Waals surface area contributed by atoms with E-state index in [9.17, 15) is 4.79 Å². The predicted molar refractivity (Wildman–Crippen MR) is 92.9 cm³/mol. The highest BCUT2D eigenvalue weighted by molar-refractivity contribution is 5.68. The molecule has 0 saturated carbocycles. The van der Waals surface area contributed by atoms with Crippen LogP contribution in [0, 0.1) is 0 Å². The molecule has 0 amide bonds. The van der Waals surface area contributed by atoms with Crippen molar-refractivity contribution in [3.63, 3.8) is 0 Å². The number of carboxylic acids is 1. The number of allylic oxidation sites excluding steroid dienone is 5. The maximum absolute atomic E-state index is 10.5. The number of aliphatic carboxylic acids is 1. The van der Waals surface area contributed by atoms with Crippen LogP contribution in [0.1, 0.15) is 71.6 Å². The van der Waals surface area contributed by atoms with Gasteiger partial charge in [0.2, 0.25) is 0 Å². The average Bonchev–Trinajstić information content (AvgIpc) is 2.50. The minimum atomic E-state index is -0.956. The van der Waals surface area contributed by atoms with Gasteiger partial charge in [0.05, 0.1) is 0 Å². The highest BCUT2D eigenvalue weighted by atomic mass is 16.5. The van der Waals surface area contributed by atoms with Crippen LogP contribution in [0.2, 0.25) is 0 Å². The van der Waals surface area contributed by atoms with Crippen LogP contribution in [-0.2, 0) is 9.53 Å². The van der Waals surface area contributed by atoms with Gasteiger partial charge in [-0.3, -0.25) is 0 Å².